The zero-order valence-corrected chi connectivity index (χ0v) is 10.5. The molecule has 2 heterocycles. The minimum atomic E-state index is 0.363. The van der Waals surface area contributed by atoms with Gasteiger partial charge in [0.1, 0.15) is 5.49 Å². The van der Waals surface area contributed by atoms with Gasteiger partial charge in [-0.1, -0.05) is 18.6 Å². The van der Waals surface area contributed by atoms with Gasteiger partial charge >= 0.3 is 0 Å². The molecule has 1 N–H and O–H groups in total. The van der Waals surface area contributed by atoms with Crippen molar-refractivity contribution in [2.45, 2.75) is 38.1 Å². The molecule has 0 bridgehead atoms. The first-order valence-electron chi connectivity index (χ1n) is 6.47. The summed E-state index contributed by atoms with van der Waals surface area (Å²) >= 11 is 0. The summed E-state index contributed by atoms with van der Waals surface area (Å²) < 4.78 is 0. The van der Waals surface area contributed by atoms with Crippen LogP contribution in [0.5, 0.6) is 0 Å². The van der Waals surface area contributed by atoms with Crippen LogP contribution in [0.2, 0.25) is 0 Å². The second-order valence-electron chi connectivity index (χ2n) is 4.88. The molecule has 0 radical (unpaired) electrons. The van der Waals surface area contributed by atoms with E-state index < -0.39 is 0 Å². The average molecular weight is 231 g/mol. The molecule has 17 heavy (non-hydrogen) atoms. The van der Waals surface area contributed by atoms with E-state index in [1.165, 1.54) is 25.8 Å². The second kappa shape index (κ2) is 5.92. The molecule has 1 aliphatic rings. The van der Waals surface area contributed by atoms with Crippen molar-refractivity contribution in [3.05, 3.63) is 35.4 Å². The van der Waals surface area contributed by atoms with Crippen LogP contribution in [-0.2, 0) is 6.42 Å². The van der Waals surface area contributed by atoms with E-state index in [9.17, 15) is 0 Å². The highest BCUT2D eigenvalue weighted by Gasteiger charge is 2.18. The second-order valence-corrected chi connectivity index (χ2v) is 4.88. The SMILES string of the molecule is CN1CCCCC1CCc1ccccc(=N)n1. The molecule has 0 aromatic carbocycles. The predicted molar refractivity (Wildman–Crippen MR) is 68.7 cm³/mol. The lowest BCUT2D eigenvalue weighted by molar-refractivity contribution is 0.176. The molecule has 1 aromatic rings. The number of nitrogens with one attached hydrogen (secondary N) is 1. The number of aromatic nitrogens is 1. The van der Waals surface area contributed by atoms with E-state index in [1.54, 1.807) is 6.07 Å². The van der Waals surface area contributed by atoms with E-state index in [2.05, 4.69) is 16.9 Å². The van der Waals surface area contributed by atoms with E-state index in [-0.39, 0.29) is 0 Å². The normalized spacial score (nSPS) is 21.4. The van der Waals surface area contributed by atoms with Gasteiger partial charge < -0.3 is 4.90 Å². The molecular weight excluding hydrogens is 210 g/mol. The zero-order valence-electron chi connectivity index (χ0n) is 10.5. The van der Waals surface area contributed by atoms with E-state index in [4.69, 9.17) is 5.41 Å². The molecule has 1 aliphatic heterocycles. The summed E-state index contributed by atoms with van der Waals surface area (Å²) in [7, 11) is 2.22. The standard InChI is InChI=1S/C14H21N3/c1-17-11-5-4-7-13(17)10-9-12-6-2-3-8-14(15)16-12/h2-3,6,8,13,15H,4-5,7,9-11H2,1H3. The minimum absolute atomic E-state index is 0.363. The maximum Gasteiger partial charge on any atom is 0.144 e. The smallest absolute Gasteiger partial charge is 0.144 e. The monoisotopic (exact) mass is 231 g/mol. The molecule has 0 spiro atoms. The molecule has 1 atom stereocenters. The average Bonchev–Trinajstić information content (AvgIpc) is 2.53. The van der Waals surface area contributed by atoms with Crippen molar-refractivity contribution in [2.24, 2.45) is 0 Å². The molecule has 0 saturated carbocycles. The van der Waals surface area contributed by atoms with Crippen LogP contribution in [0.15, 0.2) is 24.3 Å². The number of nitrogens with zero attached hydrogens (tertiary/aromatic N) is 2. The van der Waals surface area contributed by atoms with Gasteiger partial charge in [-0.25, -0.2) is 4.98 Å². The van der Waals surface area contributed by atoms with Gasteiger partial charge in [0, 0.05) is 11.7 Å². The Morgan fingerprint density at radius 1 is 1.35 bits per heavy atom. The van der Waals surface area contributed by atoms with Crippen LogP contribution < -0.4 is 5.49 Å². The quantitative estimate of drug-likeness (QED) is 0.864. The van der Waals surface area contributed by atoms with E-state index in [0.29, 0.717) is 11.5 Å². The Morgan fingerprint density at radius 2 is 2.18 bits per heavy atom. The number of hydrogen-bond acceptors (Lipinski definition) is 3. The van der Waals surface area contributed by atoms with Gasteiger partial charge in [0.25, 0.3) is 0 Å². The number of likely N-dealkylation sites (tertiary alicyclic amines) is 1. The topological polar surface area (TPSA) is 40.0 Å². The van der Waals surface area contributed by atoms with E-state index in [0.717, 1.165) is 18.5 Å². The third kappa shape index (κ3) is 3.63. The summed E-state index contributed by atoms with van der Waals surface area (Å²) in [6.45, 7) is 1.23. The third-order valence-electron chi connectivity index (χ3n) is 3.57. The van der Waals surface area contributed by atoms with E-state index >= 15 is 0 Å². The van der Waals surface area contributed by atoms with Crippen molar-refractivity contribution in [1.82, 2.24) is 9.88 Å². The fourth-order valence-electron chi connectivity index (χ4n) is 2.51. The van der Waals surface area contributed by atoms with Crippen LogP contribution in [0.4, 0.5) is 0 Å². The van der Waals surface area contributed by atoms with Crippen LogP contribution >= 0.6 is 0 Å². The fraction of sp³-hybridized carbons (Fsp3) is 0.571. The Labute approximate surface area is 103 Å². The molecule has 3 heteroatoms. The van der Waals surface area contributed by atoms with Gasteiger partial charge in [0.05, 0.1) is 0 Å². The summed E-state index contributed by atoms with van der Waals surface area (Å²) in [5.41, 5.74) is 1.40. The molecule has 2 rings (SSSR count). The summed E-state index contributed by atoms with van der Waals surface area (Å²) in [4.78, 5) is 6.76. The van der Waals surface area contributed by atoms with Crippen molar-refractivity contribution in [1.29, 1.82) is 5.41 Å². The van der Waals surface area contributed by atoms with Crippen LogP contribution in [-0.4, -0.2) is 29.5 Å². The van der Waals surface area contributed by atoms with Gasteiger partial charge in [-0.2, -0.15) is 0 Å². The molecule has 3 nitrogen and oxygen atoms in total. The molecule has 1 unspecified atom stereocenters. The first-order valence-corrected chi connectivity index (χ1v) is 6.47. The summed E-state index contributed by atoms with van der Waals surface area (Å²) in [5.74, 6) is 0. The summed E-state index contributed by atoms with van der Waals surface area (Å²) in [6.07, 6.45) is 6.14. The highest BCUT2D eigenvalue weighted by atomic mass is 15.1. The Balaban J connectivity index is 1.95. The lowest BCUT2D eigenvalue weighted by Crippen LogP contribution is -2.36. The Morgan fingerprint density at radius 3 is 3.00 bits per heavy atom. The van der Waals surface area contributed by atoms with Gasteiger partial charge in [-0.15, -0.1) is 0 Å². The maximum absolute atomic E-state index is 7.60. The van der Waals surface area contributed by atoms with Gasteiger partial charge in [0.15, 0.2) is 0 Å². The van der Waals surface area contributed by atoms with Gasteiger partial charge in [0.2, 0.25) is 0 Å². The number of rotatable bonds is 3. The van der Waals surface area contributed by atoms with Crippen LogP contribution in [0.3, 0.4) is 0 Å². The maximum atomic E-state index is 7.60. The predicted octanol–water partition coefficient (Wildman–Crippen LogP) is 1.98. The molecule has 1 saturated heterocycles. The molecule has 92 valence electrons. The molecule has 0 aliphatic carbocycles. The largest absolute Gasteiger partial charge is 0.303 e. The Kier molecular flexibility index (Phi) is 4.26. The van der Waals surface area contributed by atoms with Crippen LogP contribution in [0, 0.1) is 5.41 Å². The van der Waals surface area contributed by atoms with Gasteiger partial charge in [-0.3, -0.25) is 5.41 Å². The first kappa shape index (κ1) is 12.2. The number of piperidine rings is 1. The Bertz CT molecular complexity index is 416. The Hall–Kier alpha value is -1.22. The molecular formula is C14H21N3. The first-order chi connectivity index (χ1) is 8.25. The van der Waals surface area contributed by atoms with Crippen molar-refractivity contribution < 1.29 is 0 Å². The lowest BCUT2D eigenvalue weighted by Gasteiger charge is -2.32. The van der Waals surface area contributed by atoms with Gasteiger partial charge in [-0.05, 0) is 51.4 Å². The summed E-state index contributed by atoms with van der Waals surface area (Å²) in [5, 5.41) is 7.60. The van der Waals surface area contributed by atoms with Crippen molar-refractivity contribution >= 4 is 0 Å². The van der Waals surface area contributed by atoms with Crippen LogP contribution in [0.25, 0.3) is 0 Å². The summed E-state index contributed by atoms with van der Waals surface area (Å²) in [6, 6.07) is 8.32. The lowest BCUT2D eigenvalue weighted by atomic mass is 9.98. The van der Waals surface area contributed by atoms with Crippen LogP contribution in [0.1, 0.15) is 31.4 Å². The van der Waals surface area contributed by atoms with Crippen molar-refractivity contribution in [3.8, 4) is 0 Å². The highest BCUT2D eigenvalue weighted by molar-refractivity contribution is 5.03. The van der Waals surface area contributed by atoms with E-state index in [1.807, 2.05) is 18.2 Å². The fourth-order valence-corrected chi connectivity index (χ4v) is 2.51. The number of aryl methyl sites for hydroxylation is 1. The third-order valence-corrected chi connectivity index (χ3v) is 3.57. The van der Waals surface area contributed by atoms with Crippen molar-refractivity contribution in [3.63, 3.8) is 0 Å². The van der Waals surface area contributed by atoms with Crippen molar-refractivity contribution in [2.75, 3.05) is 13.6 Å². The molecule has 1 aromatic heterocycles. The highest BCUT2D eigenvalue weighted by Crippen LogP contribution is 2.18. The minimum Gasteiger partial charge on any atom is -0.303 e. The zero-order chi connectivity index (χ0) is 12.1. The number of hydrogen-bond donors (Lipinski definition) is 1. The molecule has 0 amide bonds. The molecule has 1 fully saturated rings.